The molecular weight excluding hydrogens is 439 g/mol. The first-order valence-corrected chi connectivity index (χ1v) is 11.6. The van der Waals surface area contributed by atoms with Gasteiger partial charge in [-0.3, -0.25) is 9.59 Å². The number of ether oxygens (including phenoxy) is 1. The van der Waals surface area contributed by atoms with Crippen LogP contribution in [0.25, 0.3) is 10.7 Å². The number of carbonyl (C=O) groups is 2. The Morgan fingerprint density at radius 2 is 1.97 bits per heavy atom. The maximum atomic E-state index is 13.0. The van der Waals surface area contributed by atoms with E-state index in [1.54, 1.807) is 30.4 Å². The zero-order chi connectivity index (χ0) is 22.4. The third kappa shape index (κ3) is 5.92. The molecule has 1 N–H and O–H groups in total. The third-order valence-electron chi connectivity index (χ3n) is 4.50. The highest BCUT2D eigenvalue weighted by Gasteiger charge is 2.21. The fraction of sp³-hybridized carbons (Fsp3) is 0.333. The summed E-state index contributed by atoms with van der Waals surface area (Å²) < 4.78 is 20.2. The van der Waals surface area contributed by atoms with Gasteiger partial charge < -0.3 is 14.6 Å². The highest BCUT2D eigenvalue weighted by atomic mass is 32.2. The summed E-state index contributed by atoms with van der Waals surface area (Å²) in [5.74, 6) is -0.523. The summed E-state index contributed by atoms with van der Waals surface area (Å²) in [6.07, 6.45) is -0.957. The number of benzene rings is 1. The summed E-state index contributed by atoms with van der Waals surface area (Å²) in [6.45, 7) is 5.94. The van der Waals surface area contributed by atoms with E-state index in [-0.39, 0.29) is 17.6 Å². The van der Waals surface area contributed by atoms with Gasteiger partial charge >= 0.3 is 5.97 Å². The predicted molar refractivity (Wildman–Crippen MR) is 118 cm³/mol. The minimum Gasteiger partial charge on any atom is -0.452 e. The predicted octanol–water partition coefficient (Wildman–Crippen LogP) is 4.07. The number of halogens is 1. The molecule has 2 atom stereocenters. The van der Waals surface area contributed by atoms with Crippen LogP contribution in [0.3, 0.4) is 0 Å². The van der Waals surface area contributed by atoms with Crippen LogP contribution in [-0.2, 0) is 20.9 Å². The van der Waals surface area contributed by atoms with E-state index in [0.29, 0.717) is 11.7 Å². The molecule has 0 bridgehead atoms. The highest BCUT2D eigenvalue weighted by molar-refractivity contribution is 7.99. The van der Waals surface area contributed by atoms with Crippen LogP contribution in [0.5, 0.6) is 0 Å². The number of amides is 1. The second kappa shape index (κ2) is 10.5. The molecule has 7 nitrogen and oxygen atoms in total. The molecule has 2 heterocycles. The Balaban J connectivity index is 1.51. The molecule has 164 valence electrons. The molecule has 10 heteroatoms. The standard InChI is InChI=1S/C21H23FN4O3S2/c1-4-26-19(17-6-5-11-30-17)24-25-21(26)31-12-18(27)29-14(3)20(28)23-13(2)15-7-9-16(22)10-8-15/h5-11,13-14H,4,12H2,1-3H3,(H,23,28). The number of nitrogens with one attached hydrogen (secondary N) is 1. The Labute approximate surface area is 188 Å². The molecular formula is C21H23FN4O3S2. The molecule has 1 aromatic carbocycles. The van der Waals surface area contributed by atoms with E-state index < -0.39 is 18.0 Å². The van der Waals surface area contributed by atoms with Gasteiger partial charge in [0.2, 0.25) is 0 Å². The van der Waals surface area contributed by atoms with Gasteiger partial charge in [0.05, 0.1) is 16.7 Å². The topological polar surface area (TPSA) is 86.1 Å². The Morgan fingerprint density at radius 3 is 2.61 bits per heavy atom. The summed E-state index contributed by atoms with van der Waals surface area (Å²) in [5.41, 5.74) is 0.754. The fourth-order valence-corrected chi connectivity index (χ4v) is 4.34. The molecule has 0 fully saturated rings. The van der Waals surface area contributed by atoms with Crippen molar-refractivity contribution < 1.29 is 18.7 Å². The molecule has 2 aromatic heterocycles. The number of aromatic nitrogens is 3. The molecule has 2 unspecified atom stereocenters. The third-order valence-corrected chi connectivity index (χ3v) is 6.31. The number of nitrogens with zero attached hydrogens (tertiary/aromatic N) is 3. The fourth-order valence-electron chi connectivity index (χ4n) is 2.84. The quantitative estimate of drug-likeness (QED) is 0.381. The van der Waals surface area contributed by atoms with Crippen LogP contribution >= 0.6 is 23.1 Å². The van der Waals surface area contributed by atoms with Gasteiger partial charge in [-0.05, 0) is 49.9 Å². The maximum Gasteiger partial charge on any atom is 0.317 e. The maximum absolute atomic E-state index is 13.0. The first-order valence-electron chi connectivity index (χ1n) is 9.74. The lowest BCUT2D eigenvalue weighted by Gasteiger charge is -2.18. The number of thioether (sulfide) groups is 1. The first-order chi connectivity index (χ1) is 14.9. The highest BCUT2D eigenvalue weighted by Crippen LogP contribution is 2.27. The number of esters is 1. The van der Waals surface area contributed by atoms with Crippen molar-refractivity contribution in [3.05, 3.63) is 53.2 Å². The number of carbonyl (C=O) groups excluding carboxylic acids is 2. The molecule has 0 aliphatic carbocycles. The lowest BCUT2D eigenvalue weighted by Crippen LogP contribution is -2.37. The van der Waals surface area contributed by atoms with Gasteiger partial charge in [-0.15, -0.1) is 21.5 Å². The molecule has 31 heavy (non-hydrogen) atoms. The van der Waals surface area contributed by atoms with Crippen molar-refractivity contribution in [3.8, 4) is 10.7 Å². The Kier molecular flexibility index (Phi) is 7.80. The van der Waals surface area contributed by atoms with Crippen molar-refractivity contribution in [1.82, 2.24) is 20.1 Å². The van der Waals surface area contributed by atoms with Crippen LogP contribution in [0.1, 0.15) is 32.4 Å². The van der Waals surface area contributed by atoms with Crippen LogP contribution in [0.2, 0.25) is 0 Å². The molecule has 3 rings (SSSR count). The van der Waals surface area contributed by atoms with Crippen LogP contribution in [0.4, 0.5) is 4.39 Å². The molecule has 0 aliphatic rings. The number of hydrogen-bond acceptors (Lipinski definition) is 7. The van der Waals surface area contributed by atoms with Gasteiger partial charge in [0.25, 0.3) is 5.91 Å². The minimum absolute atomic E-state index is 0.00765. The smallest absolute Gasteiger partial charge is 0.317 e. The first kappa shape index (κ1) is 23.0. The molecule has 0 radical (unpaired) electrons. The van der Waals surface area contributed by atoms with E-state index in [0.717, 1.165) is 16.3 Å². The van der Waals surface area contributed by atoms with Crippen LogP contribution in [-0.4, -0.2) is 38.5 Å². The largest absolute Gasteiger partial charge is 0.452 e. The summed E-state index contributed by atoms with van der Waals surface area (Å²) >= 11 is 2.79. The van der Waals surface area contributed by atoms with Crippen molar-refractivity contribution in [2.24, 2.45) is 0 Å². The Morgan fingerprint density at radius 1 is 1.23 bits per heavy atom. The molecule has 3 aromatic rings. The summed E-state index contributed by atoms with van der Waals surface area (Å²) in [5, 5.41) is 13.7. The number of rotatable bonds is 9. The summed E-state index contributed by atoms with van der Waals surface area (Å²) in [4.78, 5) is 25.6. The SMILES string of the molecule is CCn1c(SCC(=O)OC(C)C(=O)NC(C)c2ccc(F)cc2)nnc1-c1cccs1. The zero-order valence-electron chi connectivity index (χ0n) is 17.4. The number of hydrogen-bond donors (Lipinski definition) is 1. The van der Waals surface area contributed by atoms with Crippen molar-refractivity contribution in [3.63, 3.8) is 0 Å². The minimum atomic E-state index is -0.957. The number of thiophene rings is 1. The average molecular weight is 463 g/mol. The Bertz CT molecular complexity index is 1020. The van der Waals surface area contributed by atoms with Gasteiger partial charge in [0.1, 0.15) is 5.82 Å². The van der Waals surface area contributed by atoms with E-state index in [9.17, 15) is 14.0 Å². The van der Waals surface area contributed by atoms with E-state index in [1.165, 1.54) is 30.8 Å². The van der Waals surface area contributed by atoms with Gasteiger partial charge in [-0.1, -0.05) is 30.0 Å². The van der Waals surface area contributed by atoms with Gasteiger partial charge in [0.15, 0.2) is 17.1 Å². The molecule has 1 amide bonds. The Hall–Kier alpha value is -2.72. The van der Waals surface area contributed by atoms with Crippen LogP contribution in [0, 0.1) is 5.82 Å². The second-order valence-electron chi connectivity index (χ2n) is 6.73. The van der Waals surface area contributed by atoms with E-state index in [2.05, 4.69) is 15.5 Å². The van der Waals surface area contributed by atoms with E-state index in [4.69, 9.17) is 4.74 Å². The van der Waals surface area contributed by atoms with Crippen molar-refractivity contribution in [1.29, 1.82) is 0 Å². The zero-order valence-corrected chi connectivity index (χ0v) is 19.0. The van der Waals surface area contributed by atoms with E-state index >= 15 is 0 Å². The molecule has 0 aliphatic heterocycles. The van der Waals surface area contributed by atoms with Crippen LogP contribution in [0.15, 0.2) is 46.9 Å². The monoisotopic (exact) mass is 462 g/mol. The van der Waals surface area contributed by atoms with Crippen molar-refractivity contribution in [2.45, 2.75) is 44.6 Å². The van der Waals surface area contributed by atoms with Gasteiger partial charge in [-0.25, -0.2) is 4.39 Å². The van der Waals surface area contributed by atoms with Gasteiger partial charge in [0, 0.05) is 6.54 Å². The van der Waals surface area contributed by atoms with Crippen molar-refractivity contribution in [2.75, 3.05) is 5.75 Å². The average Bonchev–Trinajstić information content (AvgIpc) is 3.41. The lowest BCUT2D eigenvalue weighted by molar-refractivity contribution is -0.152. The summed E-state index contributed by atoms with van der Waals surface area (Å²) in [6, 6.07) is 9.43. The second-order valence-corrected chi connectivity index (χ2v) is 8.62. The lowest BCUT2D eigenvalue weighted by atomic mass is 10.1. The van der Waals surface area contributed by atoms with Crippen LogP contribution < -0.4 is 5.32 Å². The van der Waals surface area contributed by atoms with E-state index in [1.807, 2.05) is 29.0 Å². The van der Waals surface area contributed by atoms with Crippen molar-refractivity contribution >= 4 is 35.0 Å². The normalized spacial score (nSPS) is 12.9. The van der Waals surface area contributed by atoms with Gasteiger partial charge in [-0.2, -0.15) is 0 Å². The molecule has 0 saturated carbocycles. The summed E-state index contributed by atoms with van der Waals surface area (Å²) in [7, 11) is 0. The molecule has 0 saturated heterocycles. The molecule has 0 spiro atoms.